The zero-order valence-electron chi connectivity index (χ0n) is 20.3. The minimum Gasteiger partial charge on any atom is -0.493 e. The van der Waals surface area contributed by atoms with Crippen LogP contribution in [0, 0.1) is 0 Å². The zero-order chi connectivity index (χ0) is 25.9. The van der Waals surface area contributed by atoms with E-state index in [2.05, 4.69) is 10.6 Å². The Hall–Kier alpha value is -4.53. The number of carbonyl (C=O) groups is 3. The van der Waals surface area contributed by atoms with E-state index in [1.165, 1.54) is 24.3 Å². The highest BCUT2D eigenvalue weighted by molar-refractivity contribution is 6.04. The highest BCUT2D eigenvalue weighted by Crippen LogP contribution is 2.27. The molecular weight excluding hydrogens is 464 g/mol. The average Bonchev–Trinajstić information content (AvgIpc) is 2.88. The standard InChI is InChI=1S/C27H28N2O7/c1-4-35-27(32)36-21-12-10-19(11-13-21)26(31)29-22-8-6-5-7-20(22)17-28-25(30)16-18-9-14-23(33-2)24(15-18)34-3/h5-15H,4,16-17H2,1-3H3,(H,28,30)(H,29,31). The maximum Gasteiger partial charge on any atom is 0.513 e. The minimum atomic E-state index is -0.809. The zero-order valence-corrected chi connectivity index (χ0v) is 20.3. The van der Waals surface area contributed by atoms with Crippen molar-refractivity contribution in [2.75, 3.05) is 26.1 Å². The van der Waals surface area contributed by atoms with Crippen molar-refractivity contribution in [1.29, 1.82) is 0 Å². The van der Waals surface area contributed by atoms with Crippen molar-refractivity contribution in [3.8, 4) is 17.2 Å². The van der Waals surface area contributed by atoms with Gasteiger partial charge in [0.15, 0.2) is 11.5 Å². The number of anilines is 1. The van der Waals surface area contributed by atoms with Crippen molar-refractivity contribution in [1.82, 2.24) is 5.32 Å². The summed E-state index contributed by atoms with van der Waals surface area (Å²) in [6.45, 7) is 2.11. The molecule has 3 aromatic rings. The highest BCUT2D eigenvalue weighted by Gasteiger charge is 2.12. The van der Waals surface area contributed by atoms with Crippen LogP contribution in [0.3, 0.4) is 0 Å². The topological polar surface area (TPSA) is 112 Å². The van der Waals surface area contributed by atoms with E-state index in [4.69, 9.17) is 18.9 Å². The number of para-hydroxylation sites is 1. The van der Waals surface area contributed by atoms with Gasteiger partial charge in [0, 0.05) is 17.8 Å². The summed E-state index contributed by atoms with van der Waals surface area (Å²) >= 11 is 0. The lowest BCUT2D eigenvalue weighted by Crippen LogP contribution is -2.25. The average molecular weight is 493 g/mol. The maximum atomic E-state index is 12.7. The molecule has 0 aromatic heterocycles. The fourth-order valence-corrected chi connectivity index (χ4v) is 3.34. The van der Waals surface area contributed by atoms with E-state index in [0.717, 1.165) is 11.1 Å². The molecule has 0 heterocycles. The van der Waals surface area contributed by atoms with Crippen LogP contribution in [0.5, 0.6) is 17.2 Å². The van der Waals surface area contributed by atoms with Crippen LogP contribution >= 0.6 is 0 Å². The number of hydrogen-bond acceptors (Lipinski definition) is 7. The van der Waals surface area contributed by atoms with Crippen molar-refractivity contribution in [3.05, 3.63) is 83.4 Å². The molecule has 2 N–H and O–H groups in total. The van der Waals surface area contributed by atoms with Crippen LogP contribution in [0.15, 0.2) is 66.7 Å². The third-order valence-corrected chi connectivity index (χ3v) is 5.13. The first-order chi connectivity index (χ1) is 17.4. The third-order valence-electron chi connectivity index (χ3n) is 5.13. The second-order valence-corrected chi connectivity index (χ2v) is 7.56. The van der Waals surface area contributed by atoms with E-state index in [-0.39, 0.29) is 37.1 Å². The number of carbonyl (C=O) groups excluding carboxylic acids is 3. The molecule has 9 heteroatoms. The maximum absolute atomic E-state index is 12.7. The molecular formula is C27H28N2O7. The van der Waals surface area contributed by atoms with Crippen LogP contribution in [0.1, 0.15) is 28.4 Å². The normalized spacial score (nSPS) is 10.2. The molecule has 9 nitrogen and oxygen atoms in total. The Morgan fingerprint density at radius 2 is 1.58 bits per heavy atom. The molecule has 2 amide bonds. The molecule has 0 aliphatic rings. The molecule has 0 unspecified atom stereocenters. The van der Waals surface area contributed by atoms with Crippen molar-refractivity contribution in [3.63, 3.8) is 0 Å². The second kappa shape index (κ2) is 12.8. The Balaban J connectivity index is 1.59. The first-order valence-electron chi connectivity index (χ1n) is 11.2. The third kappa shape index (κ3) is 7.23. The van der Waals surface area contributed by atoms with Gasteiger partial charge in [0.1, 0.15) is 5.75 Å². The van der Waals surface area contributed by atoms with Crippen LogP contribution in [0.25, 0.3) is 0 Å². The number of rotatable bonds is 10. The van der Waals surface area contributed by atoms with E-state index < -0.39 is 6.16 Å². The fraction of sp³-hybridized carbons (Fsp3) is 0.222. The van der Waals surface area contributed by atoms with Crippen molar-refractivity contribution in [2.45, 2.75) is 19.9 Å². The van der Waals surface area contributed by atoms with Crippen molar-refractivity contribution < 1.29 is 33.3 Å². The highest BCUT2D eigenvalue weighted by atomic mass is 16.7. The molecule has 0 bridgehead atoms. The predicted octanol–water partition coefficient (Wildman–Crippen LogP) is 4.35. The summed E-state index contributed by atoms with van der Waals surface area (Å²) in [6, 6.07) is 18.6. The molecule has 0 aliphatic carbocycles. The van der Waals surface area contributed by atoms with Gasteiger partial charge in [-0.05, 0) is 60.5 Å². The molecule has 0 saturated heterocycles. The molecule has 0 atom stereocenters. The molecule has 36 heavy (non-hydrogen) atoms. The number of benzene rings is 3. The van der Waals surface area contributed by atoms with Crippen molar-refractivity contribution in [2.24, 2.45) is 0 Å². The monoisotopic (exact) mass is 492 g/mol. The second-order valence-electron chi connectivity index (χ2n) is 7.56. The quantitative estimate of drug-likeness (QED) is 0.320. The molecule has 0 saturated carbocycles. The van der Waals surface area contributed by atoms with Gasteiger partial charge < -0.3 is 29.6 Å². The Kier molecular flexibility index (Phi) is 9.27. The molecule has 0 fully saturated rings. The lowest BCUT2D eigenvalue weighted by atomic mass is 10.1. The minimum absolute atomic E-state index is 0.162. The number of nitrogens with one attached hydrogen (secondary N) is 2. The smallest absolute Gasteiger partial charge is 0.493 e. The van der Waals surface area contributed by atoms with Gasteiger partial charge in [-0.25, -0.2) is 4.79 Å². The summed E-state index contributed by atoms with van der Waals surface area (Å²) in [4.78, 5) is 36.7. The summed E-state index contributed by atoms with van der Waals surface area (Å²) in [5.74, 6) is 0.883. The Morgan fingerprint density at radius 3 is 2.28 bits per heavy atom. The van der Waals surface area contributed by atoms with Crippen LogP contribution in [0.4, 0.5) is 10.5 Å². The van der Waals surface area contributed by atoms with E-state index in [0.29, 0.717) is 22.7 Å². The van der Waals surface area contributed by atoms with Crippen LogP contribution in [-0.4, -0.2) is 38.8 Å². The number of methoxy groups -OCH3 is 2. The van der Waals surface area contributed by atoms with Crippen LogP contribution < -0.4 is 24.8 Å². The van der Waals surface area contributed by atoms with Crippen LogP contribution in [-0.2, 0) is 22.5 Å². The first-order valence-corrected chi connectivity index (χ1v) is 11.2. The summed E-state index contributed by atoms with van der Waals surface area (Å²) in [5.41, 5.74) is 2.47. The predicted molar refractivity (Wildman–Crippen MR) is 134 cm³/mol. The molecule has 0 aliphatic heterocycles. The Bertz CT molecular complexity index is 1210. The fourth-order valence-electron chi connectivity index (χ4n) is 3.34. The first kappa shape index (κ1) is 26.1. The van der Waals surface area contributed by atoms with Crippen LogP contribution in [0.2, 0.25) is 0 Å². The van der Waals surface area contributed by atoms with Gasteiger partial charge in [-0.3, -0.25) is 9.59 Å². The van der Waals surface area contributed by atoms with E-state index in [9.17, 15) is 14.4 Å². The Labute approximate surface area is 209 Å². The summed E-state index contributed by atoms with van der Waals surface area (Å²) in [5, 5.41) is 5.74. The van der Waals surface area contributed by atoms with Crippen molar-refractivity contribution >= 4 is 23.7 Å². The largest absolute Gasteiger partial charge is 0.513 e. The molecule has 0 spiro atoms. The van der Waals surface area contributed by atoms with Gasteiger partial charge in [0.25, 0.3) is 5.91 Å². The van der Waals surface area contributed by atoms with E-state index in [1.807, 2.05) is 12.1 Å². The molecule has 3 rings (SSSR count). The van der Waals surface area contributed by atoms with Gasteiger partial charge in [-0.2, -0.15) is 0 Å². The molecule has 3 aromatic carbocycles. The van der Waals surface area contributed by atoms with Gasteiger partial charge in [-0.1, -0.05) is 24.3 Å². The van der Waals surface area contributed by atoms with Gasteiger partial charge in [-0.15, -0.1) is 0 Å². The lowest BCUT2D eigenvalue weighted by molar-refractivity contribution is -0.120. The Morgan fingerprint density at radius 1 is 0.861 bits per heavy atom. The molecule has 188 valence electrons. The van der Waals surface area contributed by atoms with Gasteiger partial charge in [0.05, 0.1) is 27.2 Å². The number of amides is 2. The van der Waals surface area contributed by atoms with Gasteiger partial charge >= 0.3 is 6.16 Å². The lowest BCUT2D eigenvalue weighted by Gasteiger charge is -2.13. The number of ether oxygens (including phenoxy) is 4. The van der Waals surface area contributed by atoms with Gasteiger partial charge in [0.2, 0.25) is 5.91 Å². The summed E-state index contributed by atoms with van der Waals surface area (Å²) in [6.07, 6.45) is -0.647. The van der Waals surface area contributed by atoms with E-state index in [1.54, 1.807) is 51.5 Å². The number of hydrogen-bond donors (Lipinski definition) is 2. The summed E-state index contributed by atoms with van der Waals surface area (Å²) in [7, 11) is 3.09. The van der Waals surface area contributed by atoms with E-state index >= 15 is 0 Å². The summed E-state index contributed by atoms with van der Waals surface area (Å²) < 4.78 is 20.2. The molecule has 0 radical (unpaired) electrons. The SMILES string of the molecule is CCOC(=O)Oc1ccc(C(=O)Nc2ccccc2CNC(=O)Cc2ccc(OC)c(OC)c2)cc1.